The molecule has 0 bridgehead atoms. The van der Waals surface area contributed by atoms with Crippen LogP contribution >= 0.6 is 11.3 Å². The van der Waals surface area contributed by atoms with E-state index in [1.807, 2.05) is 32.0 Å². The number of hydrogen-bond donors (Lipinski definition) is 1. The lowest BCUT2D eigenvalue weighted by atomic mass is 10.1. The molecule has 3 rings (SSSR count). The quantitative estimate of drug-likeness (QED) is 0.774. The highest BCUT2D eigenvalue weighted by molar-refractivity contribution is 7.15. The van der Waals surface area contributed by atoms with Crippen LogP contribution in [0, 0.1) is 13.8 Å². The van der Waals surface area contributed by atoms with Crippen LogP contribution in [0.15, 0.2) is 41.0 Å². The first-order valence-electron chi connectivity index (χ1n) is 7.00. The molecule has 6 nitrogen and oxygen atoms in total. The van der Waals surface area contributed by atoms with E-state index in [2.05, 4.69) is 15.5 Å². The Hall–Kier alpha value is -2.67. The van der Waals surface area contributed by atoms with Crippen molar-refractivity contribution in [3.63, 3.8) is 0 Å². The van der Waals surface area contributed by atoms with Crippen molar-refractivity contribution >= 4 is 22.4 Å². The second-order valence-corrected chi connectivity index (χ2v) is 5.98. The van der Waals surface area contributed by atoms with Crippen molar-refractivity contribution < 1.29 is 13.9 Å². The topological polar surface area (TPSA) is 77.3 Å². The SMILES string of the molecule is Cc1cccc(OCc2nnc(NC(=O)c3ccco3)s2)c1C. The van der Waals surface area contributed by atoms with E-state index < -0.39 is 0 Å². The van der Waals surface area contributed by atoms with Gasteiger partial charge in [-0.1, -0.05) is 23.5 Å². The summed E-state index contributed by atoms with van der Waals surface area (Å²) in [6.07, 6.45) is 1.44. The first-order chi connectivity index (χ1) is 11.1. The highest BCUT2D eigenvalue weighted by atomic mass is 32.1. The van der Waals surface area contributed by atoms with Crippen molar-refractivity contribution in [2.45, 2.75) is 20.5 Å². The molecule has 0 atom stereocenters. The minimum atomic E-state index is -0.354. The van der Waals surface area contributed by atoms with Crippen LogP contribution in [0.25, 0.3) is 0 Å². The van der Waals surface area contributed by atoms with Crippen LogP contribution in [-0.2, 0) is 6.61 Å². The van der Waals surface area contributed by atoms with Crippen molar-refractivity contribution in [3.8, 4) is 5.75 Å². The number of aromatic nitrogens is 2. The molecule has 0 aliphatic heterocycles. The fourth-order valence-electron chi connectivity index (χ4n) is 1.95. The van der Waals surface area contributed by atoms with E-state index in [4.69, 9.17) is 9.15 Å². The van der Waals surface area contributed by atoms with Crippen molar-refractivity contribution in [1.82, 2.24) is 10.2 Å². The standard InChI is InChI=1S/C16H15N3O3S/c1-10-5-3-6-12(11(10)2)22-9-14-18-19-16(23-14)17-15(20)13-7-4-8-21-13/h3-8H,9H2,1-2H3,(H,17,19,20). The Morgan fingerprint density at radius 3 is 2.91 bits per heavy atom. The van der Waals surface area contributed by atoms with Crippen molar-refractivity contribution in [2.75, 3.05) is 5.32 Å². The smallest absolute Gasteiger partial charge is 0.293 e. The molecule has 0 aliphatic rings. The third-order valence-corrected chi connectivity index (χ3v) is 4.15. The van der Waals surface area contributed by atoms with Gasteiger partial charge in [0.05, 0.1) is 6.26 Å². The monoisotopic (exact) mass is 329 g/mol. The number of nitrogens with zero attached hydrogens (tertiary/aromatic N) is 2. The van der Waals surface area contributed by atoms with E-state index in [1.165, 1.54) is 23.2 Å². The Labute approximate surface area is 137 Å². The van der Waals surface area contributed by atoms with Crippen molar-refractivity contribution in [2.24, 2.45) is 0 Å². The summed E-state index contributed by atoms with van der Waals surface area (Å²) in [6.45, 7) is 4.35. The van der Waals surface area contributed by atoms with Gasteiger partial charge < -0.3 is 9.15 Å². The molecule has 118 valence electrons. The number of carbonyl (C=O) groups is 1. The lowest BCUT2D eigenvalue weighted by Crippen LogP contribution is -2.10. The Morgan fingerprint density at radius 2 is 2.13 bits per heavy atom. The third-order valence-electron chi connectivity index (χ3n) is 3.34. The molecule has 0 fully saturated rings. The largest absolute Gasteiger partial charge is 0.486 e. The first kappa shape index (κ1) is 15.2. The summed E-state index contributed by atoms with van der Waals surface area (Å²) >= 11 is 1.27. The number of nitrogens with one attached hydrogen (secondary N) is 1. The molecule has 23 heavy (non-hydrogen) atoms. The molecule has 1 aromatic carbocycles. The number of carbonyl (C=O) groups excluding carboxylic acids is 1. The number of furan rings is 1. The van der Waals surface area contributed by atoms with Crippen LogP contribution in [0.2, 0.25) is 0 Å². The average Bonchev–Trinajstić information content (AvgIpc) is 3.20. The predicted molar refractivity (Wildman–Crippen MR) is 86.8 cm³/mol. The zero-order valence-corrected chi connectivity index (χ0v) is 13.5. The van der Waals surface area contributed by atoms with Crippen molar-refractivity contribution in [1.29, 1.82) is 0 Å². The highest BCUT2D eigenvalue weighted by Crippen LogP contribution is 2.23. The third kappa shape index (κ3) is 3.57. The second kappa shape index (κ2) is 6.62. The maximum absolute atomic E-state index is 11.8. The number of rotatable bonds is 5. The maximum atomic E-state index is 11.8. The molecule has 2 aromatic heterocycles. The van der Waals surface area contributed by atoms with Gasteiger partial charge in [0.1, 0.15) is 12.4 Å². The second-order valence-electron chi connectivity index (χ2n) is 4.92. The van der Waals surface area contributed by atoms with Gasteiger partial charge >= 0.3 is 0 Å². The van der Waals surface area contributed by atoms with Gasteiger partial charge in [0.25, 0.3) is 5.91 Å². The van der Waals surface area contributed by atoms with Gasteiger partial charge in [0.15, 0.2) is 10.8 Å². The summed E-state index contributed by atoms with van der Waals surface area (Å²) in [7, 11) is 0. The molecule has 0 spiro atoms. The van der Waals surface area contributed by atoms with Crippen LogP contribution < -0.4 is 10.1 Å². The Morgan fingerprint density at radius 1 is 1.26 bits per heavy atom. The Balaban J connectivity index is 1.61. The van der Waals surface area contributed by atoms with E-state index in [9.17, 15) is 4.79 Å². The maximum Gasteiger partial charge on any atom is 0.293 e. The molecule has 3 aromatic rings. The fourth-order valence-corrected chi connectivity index (χ4v) is 2.60. The Bertz CT molecular complexity index is 812. The minimum absolute atomic E-state index is 0.230. The highest BCUT2D eigenvalue weighted by Gasteiger charge is 2.12. The molecule has 1 N–H and O–H groups in total. The van der Waals surface area contributed by atoms with E-state index in [1.54, 1.807) is 12.1 Å². The summed E-state index contributed by atoms with van der Waals surface area (Å²) in [5.74, 6) is 0.697. The van der Waals surface area contributed by atoms with Gasteiger partial charge in [0.2, 0.25) is 5.13 Å². The fraction of sp³-hybridized carbons (Fsp3) is 0.188. The van der Waals surface area contributed by atoms with Gasteiger partial charge in [-0.25, -0.2) is 0 Å². The molecule has 2 heterocycles. The number of hydrogen-bond acceptors (Lipinski definition) is 6. The molecular formula is C16H15N3O3S. The summed E-state index contributed by atoms with van der Waals surface area (Å²) < 4.78 is 10.8. The van der Waals surface area contributed by atoms with E-state index in [0.29, 0.717) is 16.7 Å². The van der Waals surface area contributed by atoms with Crippen LogP contribution in [0.5, 0.6) is 5.75 Å². The average molecular weight is 329 g/mol. The van der Waals surface area contributed by atoms with Gasteiger partial charge in [-0.2, -0.15) is 0 Å². The predicted octanol–water partition coefficient (Wildman–Crippen LogP) is 3.58. The molecule has 7 heteroatoms. The Kier molecular flexibility index (Phi) is 4.38. The van der Waals surface area contributed by atoms with E-state index >= 15 is 0 Å². The molecule has 0 saturated carbocycles. The summed E-state index contributed by atoms with van der Waals surface area (Å²) in [4.78, 5) is 11.8. The lowest BCUT2D eigenvalue weighted by molar-refractivity contribution is 0.0996. The van der Waals surface area contributed by atoms with Crippen LogP contribution in [0.3, 0.4) is 0 Å². The van der Waals surface area contributed by atoms with Crippen LogP contribution in [-0.4, -0.2) is 16.1 Å². The molecule has 0 aliphatic carbocycles. The normalized spacial score (nSPS) is 10.5. The molecule has 0 saturated heterocycles. The zero-order valence-electron chi connectivity index (χ0n) is 12.7. The van der Waals surface area contributed by atoms with Crippen molar-refractivity contribution in [3.05, 3.63) is 58.5 Å². The number of anilines is 1. The van der Waals surface area contributed by atoms with Crippen LogP contribution in [0.1, 0.15) is 26.7 Å². The lowest BCUT2D eigenvalue weighted by Gasteiger charge is -2.08. The first-order valence-corrected chi connectivity index (χ1v) is 7.81. The van der Waals surface area contributed by atoms with E-state index in [-0.39, 0.29) is 11.7 Å². The zero-order chi connectivity index (χ0) is 16.2. The van der Waals surface area contributed by atoms with E-state index in [0.717, 1.165) is 11.3 Å². The number of amides is 1. The molecular weight excluding hydrogens is 314 g/mol. The molecule has 0 unspecified atom stereocenters. The molecule has 1 amide bonds. The number of ether oxygens (including phenoxy) is 1. The van der Waals surface area contributed by atoms with Gasteiger partial charge in [0, 0.05) is 0 Å². The summed E-state index contributed by atoms with van der Waals surface area (Å²) in [6, 6.07) is 9.14. The number of aryl methyl sites for hydroxylation is 1. The molecule has 0 radical (unpaired) electrons. The summed E-state index contributed by atoms with van der Waals surface area (Å²) in [5.41, 5.74) is 2.27. The minimum Gasteiger partial charge on any atom is -0.486 e. The van der Waals surface area contributed by atoms with Gasteiger partial charge in [-0.05, 0) is 43.2 Å². The van der Waals surface area contributed by atoms with Gasteiger partial charge in [-0.15, -0.1) is 10.2 Å². The number of benzene rings is 1. The summed E-state index contributed by atoms with van der Waals surface area (Å²) in [5, 5.41) is 11.7. The van der Waals surface area contributed by atoms with Gasteiger partial charge in [-0.3, -0.25) is 10.1 Å². The van der Waals surface area contributed by atoms with Crippen LogP contribution in [0.4, 0.5) is 5.13 Å².